The quantitative estimate of drug-likeness (QED) is 0.709. The van der Waals surface area contributed by atoms with Crippen LogP contribution in [0.4, 0.5) is 0 Å². The minimum Gasteiger partial charge on any atom is -0.386 e. The molecule has 6 heteroatoms. The molecule has 4 atom stereocenters. The molecular formula is C14H16N4O2. The van der Waals surface area contributed by atoms with Gasteiger partial charge in [0.2, 0.25) is 0 Å². The van der Waals surface area contributed by atoms with Gasteiger partial charge in [0.1, 0.15) is 11.3 Å². The molecule has 2 spiro atoms. The van der Waals surface area contributed by atoms with E-state index < -0.39 is 22.2 Å². The van der Waals surface area contributed by atoms with E-state index in [1.54, 1.807) is 0 Å². The molecule has 4 aliphatic rings. The van der Waals surface area contributed by atoms with Crippen molar-refractivity contribution in [3.63, 3.8) is 0 Å². The number of nitrogens with zero attached hydrogens (tertiary/aromatic N) is 3. The van der Waals surface area contributed by atoms with Crippen LogP contribution in [0, 0.1) is 38.9 Å². The maximum atomic E-state index is 9.93. The van der Waals surface area contributed by atoms with Crippen LogP contribution in [0.1, 0.15) is 32.6 Å². The van der Waals surface area contributed by atoms with Gasteiger partial charge in [-0.2, -0.15) is 10.5 Å². The lowest BCUT2D eigenvalue weighted by Gasteiger charge is -2.29. The Morgan fingerprint density at radius 1 is 1.30 bits per heavy atom. The third-order valence-electron chi connectivity index (χ3n) is 5.73. The van der Waals surface area contributed by atoms with E-state index >= 15 is 0 Å². The van der Waals surface area contributed by atoms with Gasteiger partial charge in [-0.05, 0) is 19.8 Å². The van der Waals surface area contributed by atoms with E-state index in [-0.39, 0.29) is 11.9 Å². The highest BCUT2D eigenvalue weighted by atomic mass is 16.8. The molecule has 4 rings (SSSR count). The van der Waals surface area contributed by atoms with Gasteiger partial charge < -0.3 is 15.2 Å². The monoisotopic (exact) mass is 272 g/mol. The number of fused-ring (bicyclic) bond motifs is 4. The molecule has 0 aromatic carbocycles. The Balaban J connectivity index is 1.96. The zero-order valence-corrected chi connectivity index (χ0v) is 11.3. The number of rotatable bonds is 0. The lowest BCUT2D eigenvalue weighted by Crippen LogP contribution is -2.41. The highest BCUT2D eigenvalue weighted by molar-refractivity contribution is 6.00. The fourth-order valence-electron chi connectivity index (χ4n) is 5.06. The summed E-state index contributed by atoms with van der Waals surface area (Å²) in [7, 11) is 0. The van der Waals surface area contributed by atoms with Crippen molar-refractivity contribution in [3.8, 4) is 12.1 Å². The van der Waals surface area contributed by atoms with Crippen molar-refractivity contribution in [1.29, 1.82) is 10.5 Å². The topological polar surface area (TPSA) is 104 Å². The number of nitriles is 2. The molecule has 2 heterocycles. The van der Waals surface area contributed by atoms with E-state index in [1.165, 1.54) is 0 Å². The Labute approximate surface area is 117 Å². The van der Waals surface area contributed by atoms with E-state index in [2.05, 4.69) is 17.1 Å². The molecule has 1 saturated heterocycles. The molecule has 0 unspecified atom stereocenters. The molecule has 0 aromatic heterocycles. The molecule has 2 saturated carbocycles. The van der Waals surface area contributed by atoms with Gasteiger partial charge in [0.15, 0.2) is 5.41 Å². The molecule has 2 aliphatic carbocycles. The molecule has 20 heavy (non-hydrogen) atoms. The van der Waals surface area contributed by atoms with Crippen LogP contribution in [-0.4, -0.2) is 24.5 Å². The summed E-state index contributed by atoms with van der Waals surface area (Å²) in [5.41, 5.74) is 3.54. The summed E-state index contributed by atoms with van der Waals surface area (Å²) in [5.74, 6) is -1.15. The number of nitrogens with two attached hydrogens (primary N) is 1. The molecule has 0 bridgehead atoms. The zero-order valence-electron chi connectivity index (χ0n) is 11.3. The minimum atomic E-state index is -1.37. The van der Waals surface area contributed by atoms with Gasteiger partial charge >= 0.3 is 0 Å². The smallest absolute Gasteiger partial charge is 0.293 e. The molecule has 104 valence electrons. The van der Waals surface area contributed by atoms with Crippen molar-refractivity contribution in [1.82, 2.24) is 0 Å². The van der Waals surface area contributed by atoms with Gasteiger partial charge in [-0.15, -0.1) is 0 Å². The Kier molecular flexibility index (Phi) is 1.92. The SMILES string of the molecule is C[C@@H]1CO[C@]2(N=C(N)[C@@]3(C#N)C4(CCCC4)[C@@]23C#N)O1. The molecule has 2 N–H and O–H groups in total. The Bertz CT molecular complexity index is 612. The van der Waals surface area contributed by atoms with Crippen LogP contribution in [0.25, 0.3) is 0 Å². The summed E-state index contributed by atoms with van der Waals surface area (Å²) in [6.45, 7) is 2.25. The van der Waals surface area contributed by atoms with Gasteiger partial charge in [0.05, 0.1) is 24.8 Å². The van der Waals surface area contributed by atoms with Gasteiger partial charge in [-0.25, -0.2) is 4.99 Å². The van der Waals surface area contributed by atoms with E-state index in [4.69, 9.17) is 15.2 Å². The second-order valence-corrected chi connectivity index (χ2v) is 6.33. The Morgan fingerprint density at radius 3 is 2.50 bits per heavy atom. The molecular weight excluding hydrogens is 256 g/mol. The zero-order chi connectivity index (χ0) is 14.2. The summed E-state index contributed by atoms with van der Waals surface area (Å²) in [5, 5.41) is 19.7. The second-order valence-electron chi connectivity index (χ2n) is 6.33. The normalized spacial score (nSPS) is 50.8. The van der Waals surface area contributed by atoms with Crippen LogP contribution >= 0.6 is 0 Å². The van der Waals surface area contributed by atoms with Crippen molar-refractivity contribution in [3.05, 3.63) is 0 Å². The largest absolute Gasteiger partial charge is 0.386 e. The van der Waals surface area contributed by atoms with Gasteiger partial charge in [0.25, 0.3) is 5.91 Å². The average molecular weight is 272 g/mol. The van der Waals surface area contributed by atoms with E-state index in [0.717, 1.165) is 25.7 Å². The highest BCUT2D eigenvalue weighted by Gasteiger charge is 3.01. The maximum Gasteiger partial charge on any atom is 0.293 e. The van der Waals surface area contributed by atoms with Gasteiger partial charge in [-0.3, -0.25) is 0 Å². The van der Waals surface area contributed by atoms with E-state index in [0.29, 0.717) is 6.61 Å². The average Bonchev–Trinajstić information content (AvgIpc) is 2.83. The van der Waals surface area contributed by atoms with Crippen LogP contribution in [0.15, 0.2) is 4.99 Å². The van der Waals surface area contributed by atoms with Gasteiger partial charge in [-0.1, -0.05) is 12.8 Å². The summed E-state index contributed by atoms with van der Waals surface area (Å²) in [6.07, 6.45) is 3.49. The van der Waals surface area contributed by atoms with E-state index in [1.807, 2.05) is 6.92 Å². The lowest BCUT2D eigenvalue weighted by atomic mass is 9.88. The first-order valence-electron chi connectivity index (χ1n) is 7.06. The molecule has 0 aromatic rings. The van der Waals surface area contributed by atoms with Crippen LogP contribution in [-0.2, 0) is 9.47 Å². The number of aliphatic imine (C=N–C) groups is 1. The first-order chi connectivity index (χ1) is 9.56. The molecule has 0 amide bonds. The van der Waals surface area contributed by atoms with E-state index in [9.17, 15) is 10.5 Å². The van der Waals surface area contributed by atoms with Crippen LogP contribution in [0.2, 0.25) is 0 Å². The van der Waals surface area contributed by atoms with Crippen LogP contribution in [0.5, 0.6) is 0 Å². The third-order valence-corrected chi connectivity index (χ3v) is 5.73. The first kappa shape index (κ1) is 12.1. The molecule has 3 fully saturated rings. The fourth-order valence-corrected chi connectivity index (χ4v) is 5.06. The van der Waals surface area contributed by atoms with Crippen molar-refractivity contribution in [2.75, 3.05) is 6.61 Å². The predicted octanol–water partition coefficient (Wildman–Crippen LogP) is 1.04. The lowest BCUT2D eigenvalue weighted by molar-refractivity contribution is -0.200. The van der Waals surface area contributed by atoms with Gasteiger partial charge in [0, 0.05) is 5.41 Å². The molecule has 0 radical (unpaired) electrons. The first-order valence-corrected chi connectivity index (χ1v) is 7.06. The van der Waals surface area contributed by atoms with Crippen molar-refractivity contribution < 1.29 is 9.47 Å². The number of amidine groups is 1. The summed E-state index contributed by atoms with van der Waals surface area (Å²) in [4.78, 5) is 4.31. The number of ether oxygens (including phenoxy) is 2. The number of hydrogen-bond donors (Lipinski definition) is 1. The summed E-state index contributed by atoms with van der Waals surface area (Å²) < 4.78 is 11.7. The molecule has 2 aliphatic heterocycles. The van der Waals surface area contributed by atoms with Crippen molar-refractivity contribution in [2.45, 2.75) is 44.6 Å². The minimum absolute atomic E-state index is 0.148. The molecule has 6 nitrogen and oxygen atoms in total. The Hall–Kier alpha value is -1.63. The Morgan fingerprint density at radius 2 is 2.00 bits per heavy atom. The summed E-state index contributed by atoms with van der Waals surface area (Å²) in [6, 6.07) is 4.67. The predicted molar refractivity (Wildman–Crippen MR) is 67.8 cm³/mol. The highest BCUT2D eigenvalue weighted by Crippen LogP contribution is 2.89. The second kappa shape index (κ2) is 3.16. The maximum absolute atomic E-state index is 9.93. The summed E-state index contributed by atoms with van der Waals surface area (Å²) >= 11 is 0. The standard InChI is InChI=1S/C14H16N4O2/c1-9-6-19-14(20-9)13(8-16)11(4-2-3-5-11)12(13,7-15)10(17)18-14/h9H,2-6H2,1H3,(H2,17,18)/t9-,12+,13-,14+/m1/s1. The van der Waals surface area contributed by atoms with Crippen LogP contribution < -0.4 is 5.73 Å². The van der Waals surface area contributed by atoms with Crippen molar-refractivity contribution in [2.24, 2.45) is 27.0 Å². The number of hydrogen-bond acceptors (Lipinski definition) is 6. The van der Waals surface area contributed by atoms with Crippen molar-refractivity contribution >= 4 is 5.84 Å². The van der Waals surface area contributed by atoms with Crippen LogP contribution in [0.3, 0.4) is 0 Å². The third kappa shape index (κ3) is 0.804. The fraction of sp³-hybridized carbons (Fsp3) is 0.786.